The molecule has 1 aliphatic carbocycles. The molecule has 23 heavy (non-hydrogen) atoms. The van der Waals surface area contributed by atoms with Gasteiger partial charge in [0.25, 0.3) is 0 Å². The van der Waals surface area contributed by atoms with Crippen LogP contribution in [-0.4, -0.2) is 24.5 Å². The van der Waals surface area contributed by atoms with E-state index in [0.717, 1.165) is 43.4 Å². The van der Waals surface area contributed by atoms with E-state index < -0.39 is 11.9 Å². The Kier molecular flexibility index (Phi) is 7.52. The number of rotatable bonds is 5. The van der Waals surface area contributed by atoms with Gasteiger partial charge in [0.15, 0.2) is 11.5 Å². The smallest absolute Gasteiger partial charge is 0.308 e. The second kappa shape index (κ2) is 8.89. The van der Waals surface area contributed by atoms with E-state index in [1.165, 1.54) is 13.8 Å². The zero-order valence-corrected chi connectivity index (χ0v) is 14.6. The molecule has 1 unspecified atom stereocenters. The van der Waals surface area contributed by atoms with Crippen LogP contribution >= 0.6 is 12.4 Å². The zero-order valence-electron chi connectivity index (χ0n) is 13.8. The highest BCUT2D eigenvalue weighted by molar-refractivity contribution is 5.85. The highest BCUT2D eigenvalue weighted by Crippen LogP contribution is 2.35. The molecule has 6 heteroatoms. The van der Waals surface area contributed by atoms with Crippen molar-refractivity contribution < 1.29 is 19.1 Å². The van der Waals surface area contributed by atoms with Crippen molar-refractivity contribution >= 4 is 24.3 Å². The van der Waals surface area contributed by atoms with Gasteiger partial charge in [-0.25, -0.2) is 0 Å². The van der Waals surface area contributed by atoms with Gasteiger partial charge in [-0.1, -0.05) is 6.92 Å². The van der Waals surface area contributed by atoms with Gasteiger partial charge in [0.2, 0.25) is 0 Å². The van der Waals surface area contributed by atoms with Gasteiger partial charge in [0, 0.05) is 19.9 Å². The maximum atomic E-state index is 11.2. The van der Waals surface area contributed by atoms with Crippen molar-refractivity contribution in [3.8, 4) is 11.5 Å². The molecule has 5 nitrogen and oxygen atoms in total. The van der Waals surface area contributed by atoms with Crippen LogP contribution in [0.2, 0.25) is 0 Å². The summed E-state index contributed by atoms with van der Waals surface area (Å²) in [7, 11) is 0. The summed E-state index contributed by atoms with van der Waals surface area (Å²) in [5, 5.41) is 3.53. The number of carbonyl (C=O) groups is 2. The Morgan fingerprint density at radius 3 is 2.22 bits per heavy atom. The molecule has 0 radical (unpaired) electrons. The topological polar surface area (TPSA) is 64.6 Å². The van der Waals surface area contributed by atoms with Crippen molar-refractivity contribution in [1.82, 2.24) is 5.32 Å². The maximum Gasteiger partial charge on any atom is 0.308 e. The lowest BCUT2D eigenvalue weighted by Gasteiger charge is -2.26. The van der Waals surface area contributed by atoms with Crippen LogP contribution in [0.4, 0.5) is 0 Å². The second-order valence-electron chi connectivity index (χ2n) is 5.65. The van der Waals surface area contributed by atoms with Crippen LogP contribution < -0.4 is 14.8 Å². The van der Waals surface area contributed by atoms with Crippen LogP contribution in [0.25, 0.3) is 0 Å². The molecule has 0 heterocycles. The third-order valence-corrected chi connectivity index (χ3v) is 3.68. The van der Waals surface area contributed by atoms with Crippen LogP contribution in [0.1, 0.15) is 44.7 Å². The summed E-state index contributed by atoms with van der Waals surface area (Å²) in [5.74, 6) is -0.213. The van der Waals surface area contributed by atoms with Crippen LogP contribution in [0.3, 0.4) is 0 Å². The summed E-state index contributed by atoms with van der Waals surface area (Å²) < 4.78 is 10.4. The number of aryl methyl sites for hydroxylation is 1. The highest BCUT2D eigenvalue weighted by Gasteiger charge is 2.22. The first-order chi connectivity index (χ1) is 10.5. The molecule has 1 atom stereocenters. The highest BCUT2D eigenvalue weighted by atomic mass is 35.5. The number of nitrogens with one attached hydrogen (secondary N) is 1. The Balaban J connectivity index is 0.00000264. The molecule has 1 aromatic carbocycles. The van der Waals surface area contributed by atoms with E-state index in [2.05, 4.69) is 12.2 Å². The lowest BCUT2D eigenvalue weighted by Crippen LogP contribution is -2.35. The number of hydrogen-bond acceptors (Lipinski definition) is 5. The fourth-order valence-corrected chi connectivity index (χ4v) is 2.76. The number of esters is 2. The Morgan fingerprint density at radius 2 is 1.70 bits per heavy atom. The van der Waals surface area contributed by atoms with Gasteiger partial charge >= 0.3 is 11.9 Å². The van der Waals surface area contributed by atoms with Crippen LogP contribution in [-0.2, 0) is 22.4 Å². The molecule has 128 valence electrons. The lowest BCUT2D eigenvalue weighted by molar-refractivity contribution is -0.134. The van der Waals surface area contributed by atoms with Gasteiger partial charge in [0.1, 0.15) is 0 Å². The van der Waals surface area contributed by atoms with Gasteiger partial charge in [-0.3, -0.25) is 9.59 Å². The monoisotopic (exact) mass is 341 g/mol. The minimum atomic E-state index is -0.426. The lowest BCUT2D eigenvalue weighted by atomic mass is 9.88. The van der Waals surface area contributed by atoms with E-state index in [0.29, 0.717) is 17.5 Å². The number of fused-ring (bicyclic) bond motifs is 1. The molecule has 2 rings (SSSR count). The number of benzene rings is 1. The predicted molar refractivity (Wildman–Crippen MR) is 90.4 cm³/mol. The summed E-state index contributed by atoms with van der Waals surface area (Å²) in [6, 6.07) is 4.09. The Hall–Kier alpha value is -1.59. The average molecular weight is 342 g/mol. The molecule has 0 spiro atoms. The molecular formula is C17H24ClNO4. The number of halogens is 1. The molecular weight excluding hydrogens is 318 g/mol. The first-order valence-electron chi connectivity index (χ1n) is 7.75. The Morgan fingerprint density at radius 1 is 1.13 bits per heavy atom. The molecule has 0 fully saturated rings. The van der Waals surface area contributed by atoms with Crippen LogP contribution in [0.5, 0.6) is 11.5 Å². The SMILES string of the molecule is CCCNC1CCc2cc(OC(C)=O)c(OC(C)=O)cc2C1.Cl. The van der Waals surface area contributed by atoms with Crippen molar-refractivity contribution in [2.75, 3.05) is 6.54 Å². The molecule has 1 aliphatic rings. The molecule has 0 bridgehead atoms. The molecule has 1 N–H and O–H groups in total. The number of carbonyl (C=O) groups excluding carboxylic acids is 2. The third-order valence-electron chi connectivity index (χ3n) is 3.68. The van der Waals surface area contributed by atoms with E-state index in [-0.39, 0.29) is 12.4 Å². The summed E-state index contributed by atoms with van der Waals surface area (Å²) in [5.41, 5.74) is 2.30. The quantitative estimate of drug-likeness (QED) is 0.659. The minimum Gasteiger partial charge on any atom is -0.423 e. The largest absolute Gasteiger partial charge is 0.423 e. The van der Waals surface area contributed by atoms with Crippen molar-refractivity contribution in [3.05, 3.63) is 23.3 Å². The molecule has 1 aromatic rings. The first kappa shape index (κ1) is 19.5. The fourth-order valence-electron chi connectivity index (χ4n) is 2.76. The summed E-state index contributed by atoms with van der Waals surface area (Å²) >= 11 is 0. The Labute approximate surface area is 143 Å². The molecule has 0 amide bonds. The predicted octanol–water partition coefficient (Wildman–Crippen LogP) is 2.82. The summed E-state index contributed by atoms with van der Waals surface area (Å²) in [6.45, 7) is 5.82. The fraction of sp³-hybridized carbons (Fsp3) is 0.529. The van der Waals surface area contributed by atoms with Crippen molar-refractivity contribution in [2.24, 2.45) is 0 Å². The standard InChI is InChI=1S/C17H23NO4.ClH/c1-4-7-18-15-6-5-13-9-16(21-11(2)19)17(22-12(3)20)10-14(13)8-15;/h9-10,15,18H,4-8H2,1-3H3;1H. The zero-order chi connectivity index (χ0) is 16.1. The number of ether oxygens (including phenoxy) is 2. The minimum absolute atomic E-state index is 0. The summed E-state index contributed by atoms with van der Waals surface area (Å²) in [6.07, 6.45) is 3.97. The average Bonchev–Trinajstić information content (AvgIpc) is 2.44. The third kappa shape index (κ3) is 5.52. The summed E-state index contributed by atoms with van der Waals surface area (Å²) in [4.78, 5) is 22.5. The van der Waals surface area contributed by atoms with Crippen LogP contribution in [0.15, 0.2) is 12.1 Å². The van der Waals surface area contributed by atoms with Gasteiger partial charge in [-0.2, -0.15) is 0 Å². The normalized spacial score (nSPS) is 16.0. The van der Waals surface area contributed by atoms with E-state index in [1.54, 1.807) is 0 Å². The molecule has 0 saturated heterocycles. The first-order valence-corrected chi connectivity index (χ1v) is 7.75. The van der Waals surface area contributed by atoms with Gasteiger partial charge < -0.3 is 14.8 Å². The van der Waals surface area contributed by atoms with Crippen LogP contribution in [0, 0.1) is 0 Å². The van der Waals surface area contributed by atoms with E-state index in [9.17, 15) is 9.59 Å². The molecule has 0 saturated carbocycles. The van der Waals surface area contributed by atoms with E-state index in [4.69, 9.17) is 9.47 Å². The van der Waals surface area contributed by atoms with E-state index >= 15 is 0 Å². The Bertz CT molecular complexity index is 574. The van der Waals surface area contributed by atoms with Gasteiger partial charge in [0.05, 0.1) is 0 Å². The van der Waals surface area contributed by atoms with E-state index in [1.807, 2.05) is 12.1 Å². The van der Waals surface area contributed by atoms with Crippen molar-refractivity contribution in [1.29, 1.82) is 0 Å². The molecule has 0 aromatic heterocycles. The second-order valence-corrected chi connectivity index (χ2v) is 5.65. The van der Waals surface area contributed by atoms with Gasteiger partial charge in [-0.05, 0) is 55.5 Å². The maximum absolute atomic E-state index is 11.2. The van der Waals surface area contributed by atoms with Crippen molar-refractivity contribution in [3.63, 3.8) is 0 Å². The van der Waals surface area contributed by atoms with Gasteiger partial charge in [-0.15, -0.1) is 12.4 Å². The van der Waals surface area contributed by atoms with Crippen molar-refractivity contribution in [2.45, 2.75) is 52.5 Å². The molecule has 0 aliphatic heterocycles. The number of hydrogen-bond donors (Lipinski definition) is 1.